The number of hydrogen-bond donors (Lipinski definition) is 15. The number of nitrogens with two attached hydrogens (primary N) is 1. The van der Waals surface area contributed by atoms with Crippen molar-refractivity contribution in [2.45, 2.75) is 132 Å². The van der Waals surface area contributed by atoms with Gasteiger partial charge in [-0.3, -0.25) is 48.4 Å². The molecule has 1 saturated carbocycles. The van der Waals surface area contributed by atoms with Crippen molar-refractivity contribution in [1.82, 2.24) is 42.5 Å². The van der Waals surface area contributed by atoms with Crippen LogP contribution in [0.1, 0.15) is 65.7 Å². The number of aliphatic hydroxyl groups is 6. The normalized spacial score (nSPS) is 37.4. The molecule has 2 saturated heterocycles. The molecule has 3 fully saturated rings. The van der Waals surface area contributed by atoms with E-state index in [-0.39, 0.29) is 38.6 Å². The molecule has 17 unspecified atom stereocenters. The summed E-state index contributed by atoms with van der Waals surface area (Å²) >= 11 is 0. The quantitative estimate of drug-likeness (QED) is 0.113. The van der Waals surface area contributed by atoms with Gasteiger partial charge in [-0.1, -0.05) is 39.3 Å². The first-order valence-corrected chi connectivity index (χ1v) is 23.5. The van der Waals surface area contributed by atoms with Gasteiger partial charge in [0.25, 0.3) is 0 Å². The minimum atomic E-state index is -2.16. The molecule has 0 aromatic rings. The van der Waals surface area contributed by atoms with E-state index in [0.29, 0.717) is 17.7 Å². The van der Waals surface area contributed by atoms with Crippen molar-refractivity contribution >= 4 is 52.0 Å². The van der Waals surface area contributed by atoms with E-state index in [1.807, 2.05) is 0 Å². The Morgan fingerprint density at radius 3 is 2.26 bits per heavy atom. The number of carbonyl (C=O) groups excluding carboxylic acids is 7. The molecule has 6 amide bonds. The van der Waals surface area contributed by atoms with E-state index in [1.54, 1.807) is 19.9 Å². The van der Waals surface area contributed by atoms with Crippen LogP contribution >= 0.6 is 0 Å². The standard InChI is InChI=1S/C41H65N9O14S/c1-4-17(2)33-39(62)44-14-32(57)45-28-16-65(64)41-24(21-6-5-19(52)11-25(21)48-41)12-27(37(60)43-8-7-31(56)49-33)47-40(63)34(18(3)29(54)15-51)50-36(59)23-10-20(53)9-22(23)35(58)26(13-30(42)55)46-38(28)61/h5-6,17-20,22-24,26-29,33-34,37,40-41,43,47-48,51-54,60,63H,4,7-16H2,1-3H3,(H2,42,55)(H,44,62)(H,45,57)(H,46,61)(H,49,56)(H,50,59). The second kappa shape index (κ2) is 22.9. The van der Waals surface area contributed by atoms with Gasteiger partial charge in [-0.2, -0.15) is 0 Å². The topological polar surface area (TPSA) is 380 Å². The highest BCUT2D eigenvalue weighted by Gasteiger charge is 2.48. The second-order valence-corrected chi connectivity index (χ2v) is 19.4. The lowest BCUT2D eigenvalue weighted by Crippen LogP contribution is -2.62. The summed E-state index contributed by atoms with van der Waals surface area (Å²) in [6.45, 7) is 3.23. The average molecular weight is 940 g/mol. The fourth-order valence-corrected chi connectivity index (χ4v) is 10.8. The van der Waals surface area contributed by atoms with Gasteiger partial charge in [0, 0.05) is 59.7 Å². The Bertz CT molecular complexity index is 1890. The molecule has 0 aromatic heterocycles. The van der Waals surface area contributed by atoms with Crippen LogP contribution in [0.4, 0.5) is 0 Å². The number of carbonyl (C=O) groups is 7. The highest BCUT2D eigenvalue weighted by Crippen LogP contribution is 2.38. The zero-order valence-corrected chi connectivity index (χ0v) is 37.4. The first-order valence-electron chi connectivity index (χ1n) is 22.1. The molecule has 5 aliphatic rings. The number of amides is 6. The summed E-state index contributed by atoms with van der Waals surface area (Å²) in [5.74, 6) is -11.8. The summed E-state index contributed by atoms with van der Waals surface area (Å²) < 4.78 is 14.7. The largest absolute Gasteiger partial charge is 0.394 e. The summed E-state index contributed by atoms with van der Waals surface area (Å²) in [4.78, 5) is 95.6. The number of nitrogens with one attached hydrogen (secondary N) is 8. The third-order valence-corrected chi connectivity index (χ3v) is 14.8. The molecular weight excluding hydrogens is 875 g/mol. The molecule has 65 heavy (non-hydrogen) atoms. The fraction of sp³-hybridized carbons (Fsp3) is 0.732. The lowest BCUT2D eigenvalue weighted by atomic mass is 9.85. The number of rotatable bonds is 7. The molecule has 24 heteroatoms. The number of fused-ring (bicyclic) bond motifs is 4. The van der Waals surface area contributed by atoms with E-state index in [0.717, 1.165) is 0 Å². The average Bonchev–Trinajstić information content (AvgIpc) is 3.83. The molecule has 0 aromatic carbocycles. The van der Waals surface area contributed by atoms with Crippen LogP contribution in [0.25, 0.3) is 0 Å². The summed E-state index contributed by atoms with van der Waals surface area (Å²) in [5.41, 5.74) is 6.56. The van der Waals surface area contributed by atoms with Crippen molar-refractivity contribution in [1.29, 1.82) is 0 Å². The molecule has 0 radical (unpaired) electrons. The van der Waals surface area contributed by atoms with Crippen molar-refractivity contribution < 1.29 is 68.4 Å². The molecule has 3 aliphatic heterocycles. The summed E-state index contributed by atoms with van der Waals surface area (Å²) in [5, 5.41) is 86.5. The van der Waals surface area contributed by atoms with Gasteiger partial charge in [-0.05, 0) is 30.8 Å². The van der Waals surface area contributed by atoms with E-state index in [2.05, 4.69) is 42.5 Å². The van der Waals surface area contributed by atoms with Crippen molar-refractivity contribution in [2.75, 3.05) is 25.4 Å². The summed E-state index contributed by atoms with van der Waals surface area (Å²) in [6.07, 6.45) is -5.31. The maximum atomic E-state index is 14.7. The van der Waals surface area contributed by atoms with Crippen LogP contribution in [0.5, 0.6) is 0 Å². The maximum absolute atomic E-state index is 14.7. The molecule has 23 nitrogen and oxygen atoms in total. The van der Waals surface area contributed by atoms with Crippen LogP contribution in [0.2, 0.25) is 0 Å². The van der Waals surface area contributed by atoms with Gasteiger partial charge < -0.3 is 68.3 Å². The first kappa shape index (κ1) is 51.6. The lowest BCUT2D eigenvalue weighted by Gasteiger charge is -2.38. The van der Waals surface area contributed by atoms with Crippen molar-refractivity contribution in [3.05, 3.63) is 23.4 Å². The van der Waals surface area contributed by atoms with E-state index < -0.39 is 173 Å². The highest BCUT2D eigenvalue weighted by molar-refractivity contribution is 7.85. The molecule has 3 heterocycles. The molecule has 2 aliphatic carbocycles. The lowest BCUT2D eigenvalue weighted by molar-refractivity contribution is -0.137. The Kier molecular flexibility index (Phi) is 18.1. The van der Waals surface area contributed by atoms with Crippen LogP contribution in [-0.4, -0.2) is 168 Å². The predicted octanol–water partition coefficient (Wildman–Crippen LogP) is -6.23. The third-order valence-electron chi connectivity index (χ3n) is 13.1. The van der Waals surface area contributed by atoms with Gasteiger partial charge in [-0.25, -0.2) is 0 Å². The zero-order valence-electron chi connectivity index (χ0n) is 36.6. The molecular formula is C41H65N9O14S. The van der Waals surface area contributed by atoms with Gasteiger partial charge in [-0.15, -0.1) is 0 Å². The second-order valence-electron chi connectivity index (χ2n) is 17.8. The van der Waals surface area contributed by atoms with E-state index in [9.17, 15) is 68.4 Å². The Hall–Kier alpha value is -4.40. The molecule has 2 bridgehead atoms. The van der Waals surface area contributed by atoms with Crippen LogP contribution < -0.4 is 48.3 Å². The number of hydrogen-bond acceptors (Lipinski definition) is 17. The number of allylic oxidation sites excluding steroid dienone is 1. The van der Waals surface area contributed by atoms with Gasteiger partial charge in [0.05, 0.1) is 61.6 Å². The minimum absolute atomic E-state index is 0.0588. The smallest absolute Gasteiger partial charge is 0.244 e. The van der Waals surface area contributed by atoms with Crippen molar-refractivity contribution in [3.8, 4) is 0 Å². The molecule has 0 spiro atoms. The predicted molar refractivity (Wildman–Crippen MR) is 230 cm³/mol. The minimum Gasteiger partial charge on any atom is -0.394 e. The van der Waals surface area contributed by atoms with E-state index in [4.69, 9.17) is 5.73 Å². The third kappa shape index (κ3) is 12.9. The Morgan fingerprint density at radius 1 is 0.877 bits per heavy atom. The van der Waals surface area contributed by atoms with E-state index >= 15 is 0 Å². The van der Waals surface area contributed by atoms with Gasteiger partial charge in [0.15, 0.2) is 5.78 Å². The van der Waals surface area contributed by atoms with Crippen LogP contribution in [0, 0.1) is 29.6 Å². The number of ketones is 1. The first-order chi connectivity index (χ1) is 30.7. The molecule has 16 N–H and O–H groups in total. The summed E-state index contributed by atoms with van der Waals surface area (Å²) in [7, 11) is -2.16. The molecule has 17 atom stereocenters. The fourth-order valence-electron chi connectivity index (χ4n) is 9.16. The highest BCUT2D eigenvalue weighted by atomic mass is 32.2. The number of aliphatic hydroxyl groups excluding tert-OH is 6. The van der Waals surface area contributed by atoms with Crippen molar-refractivity contribution in [3.63, 3.8) is 0 Å². The Morgan fingerprint density at radius 2 is 1.58 bits per heavy atom. The SMILES string of the molecule is CCC(C)C1NC(=O)CCNC(O)C2CC3C4=C(CC(O)C=C4)NC3S(=O)CC(NC(=O)CNC1=O)C(=O)NC(CC(N)=O)C(=O)C1CC(O)CC1C(=O)NC(C(C)C(O)CO)C(O)N2. The molecule has 5 rings (SSSR count). The van der Waals surface area contributed by atoms with Crippen LogP contribution in [-0.2, 0) is 44.4 Å². The summed E-state index contributed by atoms with van der Waals surface area (Å²) in [6, 6.07) is -7.27. The van der Waals surface area contributed by atoms with Crippen LogP contribution in [0.3, 0.4) is 0 Å². The van der Waals surface area contributed by atoms with Gasteiger partial charge in [0.1, 0.15) is 29.9 Å². The van der Waals surface area contributed by atoms with Gasteiger partial charge >= 0.3 is 0 Å². The Balaban J connectivity index is 1.67. The maximum Gasteiger partial charge on any atom is 0.244 e. The molecule has 364 valence electrons. The van der Waals surface area contributed by atoms with E-state index in [1.165, 1.54) is 13.0 Å². The number of primary amides is 1. The monoisotopic (exact) mass is 939 g/mol. The van der Waals surface area contributed by atoms with Crippen molar-refractivity contribution in [2.24, 2.45) is 35.3 Å². The van der Waals surface area contributed by atoms with Crippen LogP contribution in [0.15, 0.2) is 23.4 Å². The van der Waals surface area contributed by atoms with Gasteiger partial charge in [0.2, 0.25) is 35.4 Å². The Labute approximate surface area is 378 Å². The number of Topliss-reactive ketones (excluding diaryl/α,β-unsaturated/α-hetero) is 1. The zero-order chi connectivity index (χ0) is 47.9.